The molecule has 1 amide bonds. The van der Waals surface area contributed by atoms with Crippen LogP contribution in [0.2, 0.25) is 0 Å². The van der Waals surface area contributed by atoms with E-state index in [0.29, 0.717) is 13.0 Å². The van der Waals surface area contributed by atoms with Crippen molar-refractivity contribution in [3.05, 3.63) is 11.9 Å². The van der Waals surface area contributed by atoms with Crippen molar-refractivity contribution in [3.8, 4) is 0 Å². The predicted octanol–water partition coefficient (Wildman–Crippen LogP) is -1.15. The molecule has 3 unspecified atom stereocenters. The lowest BCUT2D eigenvalue weighted by atomic mass is 10.0. The van der Waals surface area contributed by atoms with E-state index in [1.165, 1.54) is 10.9 Å². The van der Waals surface area contributed by atoms with E-state index in [4.69, 9.17) is 9.84 Å². The van der Waals surface area contributed by atoms with E-state index in [9.17, 15) is 9.90 Å². The molecule has 1 saturated heterocycles. The molecule has 20 heavy (non-hydrogen) atoms. The maximum absolute atomic E-state index is 11.8. The number of ether oxygens (including phenoxy) is 1. The van der Waals surface area contributed by atoms with E-state index in [1.807, 2.05) is 0 Å². The first-order valence-electron chi connectivity index (χ1n) is 6.82. The van der Waals surface area contributed by atoms with Gasteiger partial charge in [0.2, 0.25) is 0 Å². The van der Waals surface area contributed by atoms with Crippen molar-refractivity contribution in [2.75, 3.05) is 13.2 Å². The van der Waals surface area contributed by atoms with E-state index in [1.54, 1.807) is 0 Å². The number of hydrogen-bond acceptors (Lipinski definition) is 6. The molecule has 1 aromatic heterocycles. The SMILES string of the molecule is O=C(NC1CC1)c1cn(C2CCOC(CO)C2O)nn1. The Morgan fingerprint density at radius 1 is 1.50 bits per heavy atom. The molecule has 8 nitrogen and oxygen atoms in total. The highest BCUT2D eigenvalue weighted by Gasteiger charge is 2.34. The van der Waals surface area contributed by atoms with Crippen LogP contribution in [0.15, 0.2) is 6.20 Å². The molecule has 0 spiro atoms. The smallest absolute Gasteiger partial charge is 0.273 e. The van der Waals surface area contributed by atoms with Crippen LogP contribution in [-0.2, 0) is 4.74 Å². The first-order chi connectivity index (χ1) is 9.69. The summed E-state index contributed by atoms with van der Waals surface area (Å²) in [6.45, 7) is 0.178. The van der Waals surface area contributed by atoms with E-state index in [0.717, 1.165) is 12.8 Å². The van der Waals surface area contributed by atoms with Crippen molar-refractivity contribution in [2.24, 2.45) is 0 Å². The number of nitrogens with zero attached hydrogens (tertiary/aromatic N) is 3. The molecule has 0 bridgehead atoms. The third-order valence-corrected chi connectivity index (χ3v) is 3.70. The number of amides is 1. The first kappa shape index (κ1) is 13.5. The molecular weight excluding hydrogens is 264 g/mol. The van der Waals surface area contributed by atoms with Crippen molar-refractivity contribution in [2.45, 2.75) is 43.6 Å². The van der Waals surface area contributed by atoms with Crippen molar-refractivity contribution in [1.29, 1.82) is 0 Å². The Morgan fingerprint density at radius 3 is 3.00 bits per heavy atom. The van der Waals surface area contributed by atoms with Crippen molar-refractivity contribution >= 4 is 5.91 Å². The minimum absolute atomic E-state index is 0.237. The fourth-order valence-electron chi connectivity index (χ4n) is 2.34. The molecule has 110 valence electrons. The number of aliphatic hydroxyl groups excluding tert-OH is 2. The Bertz CT molecular complexity index is 488. The number of carbonyl (C=O) groups excluding carboxylic acids is 1. The van der Waals surface area contributed by atoms with Gasteiger partial charge < -0.3 is 20.3 Å². The Morgan fingerprint density at radius 2 is 2.30 bits per heavy atom. The average Bonchev–Trinajstić information content (AvgIpc) is 3.12. The molecule has 3 atom stereocenters. The van der Waals surface area contributed by atoms with E-state index >= 15 is 0 Å². The number of aromatic nitrogens is 3. The van der Waals surface area contributed by atoms with E-state index in [2.05, 4.69) is 15.6 Å². The summed E-state index contributed by atoms with van der Waals surface area (Å²) in [6.07, 6.45) is 2.63. The minimum atomic E-state index is -0.866. The molecule has 8 heteroatoms. The molecule has 2 aliphatic rings. The maximum atomic E-state index is 11.8. The van der Waals surface area contributed by atoms with Gasteiger partial charge in [-0.1, -0.05) is 5.21 Å². The number of hydrogen-bond donors (Lipinski definition) is 3. The van der Waals surface area contributed by atoms with Crippen LogP contribution in [0.3, 0.4) is 0 Å². The number of carbonyl (C=O) groups is 1. The first-order valence-corrected chi connectivity index (χ1v) is 6.82. The van der Waals surface area contributed by atoms with Crippen molar-refractivity contribution < 1.29 is 19.7 Å². The minimum Gasteiger partial charge on any atom is -0.394 e. The summed E-state index contributed by atoms with van der Waals surface area (Å²) in [5, 5.41) is 29.8. The van der Waals surface area contributed by atoms with Gasteiger partial charge in [0.25, 0.3) is 5.91 Å². The summed E-state index contributed by atoms with van der Waals surface area (Å²) in [4.78, 5) is 11.8. The summed E-state index contributed by atoms with van der Waals surface area (Å²) in [6, 6.07) is -0.0732. The van der Waals surface area contributed by atoms with Crippen LogP contribution in [-0.4, -0.2) is 62.6 Å². The van der Waals surface area contributed by atoms with Crippen LogP contribution in [0.25, 0.3) is 0 Å². The van der Waals surface area contributed by atoms with Gasteiger partial charge in [0.05, 0.1) is 18.8 Å². The standard InChI is InChI=1S/C12H18N4O4/c17-6-10-11(18)9(3-4-20-10)16-5-8(14-15-16)12(19)13-7-1-2-7/h5,7,9-11,17-18H,1-4,6H2,(H,13,19). The fourth-order valence-corrected chi connectivity index (χ4v) is 2.34. The van der Waals surface area contributed by atoms with Gasteiger partial charge in [0.15, 0.2) is 5.69 Å². The zero-order chi connectivity index (χ0) is 14.1. The average molecular weight is 282 g/mol. The molecule has 1 aliphatic heterocycles. The summed E-state index contributed by atoms with van der Waals surface area (Å²) in [5.41, 5.74) is 0.246. The van der Waals surface area contributed by atoms with Crippen LogP contribution in [0.5, 0.6) is 0 Å². The van der Waals surface area contributed by atoms with Crippen molar-refractivity contribution in [3.63, 3.8) is 0 Å². The highest BCUT2D eigenvalue weighted by Crippen LogP contribution is 2.25. The Hall–Kier alpha value is -1.51. The van der Waals surface area contributed by atoms with Gasteiger partial charge in [-0.15, -0.1) is 5.10 Å². The van der Waals surface area contributed by atoms with Crippen LogP contribution in [0.4, 0.5) is 0 Å². The molecule has 0 aromatic carbocycles. The second-order valence-electron chi connectivity index (χ2n) is 5.27. The molecular formula is C12H18N4O4. The van der Waals surface area contributed by atoms with Crippen LogP contribution in [0, 0.1) is 0 Å². The van der Waals surface area contributed by atoms with Crippen LogP contribution >= 0.6 is 0 Å². The van der Waals surface area contributed by atoms with Crippen LogP contribution in [0.1, 0.15) is 35.8 Å². The van der Waals surface area contributed by atoms with Gasteiger partial charge in [-0.3, -0.25) is 4.79 Å². The van der Waals surface area contributed by atoms with Gasteiger partial charge in [-0.2, -0.15) is 0 Å². The molecule has 1 aliphatic carbocycles. The molecule has 1 saturated carbocycles. The van der Waals surface area contributed by atoms with E-state index in [-0.39, 0.29) is 30.3 Å². The number of nitrogens with one attached hydrogen (secondary N) is 1. The lowest BCUT2D eigenvalue weighted by Gasteiger charge is -2.33. The normalized spacial score (nSPS) is 30.2. The monoisotopic (exact) mass is 282 g/mol. The lowest BCUT2D eigenvalue weighted by Crippen LogP contribution is -2.44. The molecule has 1 aromatic rings. The van der Waals surface area contributed by atoms with Gasteiger partial charge in [-0.05, 0) is 19.3 Å². The molecule has 3 rings (SSSR count). The topological polar surface area (TPSA) is 110 Å². The quantitative estimate of drug-likeness (QED) is 0.643. The molecule has 3 N–H and O–H groups in total. The molecule has 0 radical (unpaired) electrons. The Kier molecular flexibility index (Phi) is 3.68. The van der Waals surface area contributed by atoms with Gasteiger partial charge in [0.1, 0.15) is 12.2 Å². The van der Waals surface area contributed by atoms with E-state index < -0.39 is 12.2 Å². The second-order valence-corrected chi connectivity index (χ2v) is 5.27. The summed E-state index contributed by atoms with van der Waals surface area (Å²) in [5.74, 6) is -0.237. The van der Waals surface area contributed by atoms with Gasteiger partial charge >= 0.3 is 0 Å². The highest BCUT2D eigenvalue weighted by atomic mass is 16.5. The summed E-state index contributed by atoms with van der Waals surface area (Å²) in [7, 11) is 0. The summed E-state index contributed by atoms with van der Waals surface area (Å²) < 4.78 is 6.75. The molecule has 2 fully saturated rings. The third kappa shape index (κ3) is 2.67. The number of aliphatic hydroxyl groups is 2. The zero-order valence-electron chi connectivity index (χ0n) is 11.0. The largest absolute Gasteiger partial charge is 0.394 e. The lowest BCUT2D eigenvalue weighted by molar-refractivity contribution is -0.120. The second kappa shape index (κ2) is 5.47. The zero-order valence-corrected chi connectivity index (χ0v) is 11.0. The van der Waals surface area contributed by atoms with Crippen molar-refractivity contribution in [1.82, 2.24) is 20.3 Å². The summed E-state index contributed by atoms with van der Waals surface area (Å²) >= 11 is 0. The van der Waals surface area contributed by atoms with Gasteiger partial charge in [-0.25, -0.2) is 4.68 Å². The predicted molar refractivity (Wildman–Crippen MR) is 67.0 cm³/mol. The fraction of sp³-hybridized carbons (Fsp3) is 0.750. The van der Waals surface area contributed by atoms with Crippen LogP contribution < -0.4 is 5.32 Å². The van der Waals surface area contributed by atoms with Gasteiger partial charge in [0, 0.05) is 12.6 Å². The Labute approximate surface area is 115 Å². The highest BCUT2D eigenvalue weighted by molar-refractivity contribution is 5.92. The third-order valence-electron chi connectivity index (χ3n) is 3.70. The maximum Gasteiger partial charge on any atom is 0.273 e. The molecule has 2 heterocycles. The Balaban J connectivity index is 1.70. The number of rotatable bonds is 4.